The van der Waals surface area contributed by atoms with Crippen molar-refractivity contribution in [3.63, 3.8) is 0 Å². The third-order valence-corrected chi connectivity index (χ3v) is 2.91. The van der Waals surface area contributed by atoms with Crippen LogP contribution >= 0.6 is 0 Å². The third kappa shape index (κ3) is 2.34. The number of alkyl halides is 2. The largest absolute Gasteiger partial charge is 0.364 e. The molecule has 5 heteroatoms. The maximum atomic E-state index is 13.4. The van der Waals surface area contributed by atoms with Crippen molar-refractivity contribution in [3.8, 4) is 0 Å². The van der Waals surface area contributed by atoms with Crippen LogP contribution in [-0.2, 0) is 6.54 Å². The molecule has 0 bridgehead atoms. The molecule has 1 aromatic rings. The molecule has 1 aromatic heterocycles. The van der Waals surface area contributed by atoms with Gasteiger partial charge < -0.3 is 4.52 Å². The number of aromatic nitrogens is 1. The third-order valence-electron chi connectivity index (χ3n) is 2.91. The molecule has 1 aliphatic rings. The van der Waals surface area contributed by atoms with Gasteiger partial charge in [-0.25, -0.2) is 8.78 Å². The van der Waals surface area contributed by atoms with Crippen LogP contribution in [0.25, 0.3) is 0 Å². The lowest BCUT2D eigenvalue weighted by Crippen LogP contribution is -2.47. The molecule has 1 fully saturated rings. The minimum Gasteiger partial charge on any atom is -0.364 e. The number of piperidine rings is 1. The van der Waals surface area contributed by atoms with E-state index in [0.717, 1.165) is 0 Å². The summed E-state index contributed by atoms with van der Waals surface area (Å²) in [4.78, 5) is 1.72. The molecule has 1 saturated heterocycles. The Bertz CT molecular complexity index is 313. The van der Waals surface area contributed by atoms with Gasteiger partial charge in [0.1, 0.15) is 6.26 Å². The van der Waals surface area contributed by atoms with Crippen molar-refractivity contribution in [1.29, 1.82) is 0 Å². The summed E-state index contributed by atoms with van der Waals surface area (Å²) < 4.78 is 31.4. The fourth-order valence-corrected chi connectivity index (χ4v) is 1.80. The standard InChI is InChI=1S/C10H14F2N2O/c1-8-2-4-14(7-10(8,11)12)6-9-3-5-15-13-9/h3,5,8H,2,4,6-7H2,1H3. The van der Waals surface area contributed by atoms with Gasteiger partial charge in [-0.2, -0.15) is 0 Å². The summed E-state index contributed by atoms with van der Waals surface area (Å²) in [6.07, 6.45) is 1.99. The Labute approximate surface area is 87.0 Å². The lowest BCUT2D eigenvalue weighted by Gasteiger charge is -2.36. The molecule has 2 heterocycles. The maximum Gasteiger partial charge on any atom is 0.263 e. The van der Waals surface area contributed by atoms with Gasteiger partial charge in [-0.05, 0) is 13.0 Å². The molecule has 1 unspecified atom stereocenters. The number of hydrogen-bond donors (Lipinski definition) is 0. The number of likely N-dealkylation sites (tertiary alicyclic amines) is 1. The van der Waals surface area contributed by atoms with Crippen LogP contribution in [0.3, 0.4) is 0 Å². The minimum atomic E-state index is -2.58. The van der Waals surface area contributed by atoms with Gasteiger partial charge in [-0.3, -0.25) is 4.90 Å². The fourth-order valence-electron chi connectivity index (χ4n) is 1.80. The van der Waals surface area contributed by atoms with Crippen LogP contribution in [0, 0.1) is 5.92 Å². The van der Waals surface area contributed by atoms with E-state index < -0.39 is 11.8 Å². The fraction of sp³-hybridized carbons (Fsp3) is 0.700. The zero-order chi connectivity index (χ0) is 10.9. The second kappa shape index (κ2) is 3.89. The molecule has 84 valence electrons. The van der Waals surface area contributed by atoms with Crippen LogP contribution in [0.5, 0.6) is 0 Å². The van der Waals surface area contributed by atoms with Crippen LogP contribution in [-0.4, -0.2) is 29.1 Å². The lowest BCUT2D eigenvalue weighted by atomic mass is 9.95. The zero-order valence-corrected chi connectivity index (χ0v) is 8.62. The number of rotatable bonds is 2. The maximum absolute atomic E-state index is 13.4. The molecular weight excluding hydrogens is 202 g/mol. The van der Waals surface area contributed by atoms with Gasteiger partial charge in [-0.1, -0.05) is 12.1 Å². The van der Waals surface area contributed by atoms with Crippen LogP contribution in [0.2, 0.25) is 0 Å². The Balaban J connectivity index is 1.95. The van der Waals surface area contributed by atoms with Gasteiger partial charge in [0.2, 0.25) is 0 Å². The predicted molar refractivity (Wildman–Crippen MR) is 50.5 cm³/mol. The highest BCUT2D eigenvalue weighted by Gasteiger charge is 2.41. The minimum absolute atomic E-state index is 0.180. The van der Waals surface area contributed by atoms with Crippen molar-refractivity contribution in [2.24, 2.45) is 5.92 Å². The average molecular weight is 216 g/mol. The molecule has 1 atom stereocenters. The van der Waals surface area contributed by atoms with Crippen LogP contribution in [0.1, 0.15) is 19.0 Å². The Morgan fingerprint density at radius 3 is 3.07 bits per heavy atom. The van der Waals surface area contributed by atoms with Gasteiger partial charge >= 0.3 is 0 Å². The zero-order valence-electron chi connectivity index (χ0n) is 8.62. The van der Waals surface area contributed by atoms with Gasteiger partial charge in [0, 0.05) is 18.5 Å². The molecule has 0 spiro atoms. The number of halogens is 2. The van der Waals surface area contributed by atoms with E-state index in [-0.39, 0.29) is 6.54 Å². The summed E-state index contributed by atoms with van der Waals surface area (Å²) in [7, 11) is 0. The molecule has 15 heavy (non-hydrogen) atoms. The van der Waals surface area contributed by atoms with Crippen molar-refractivity contribution in [1.82, 2.24) is 10.1 Å². The molecule has 0 aromatic carbocycles. The van der Waals surface area contributed by atoms with Crippen LogP contribution < -0.4 is 0 Å². The van der Waals surface area contributed by atoms with E-state index in [2.05, 4.69) is 9.68 Å². The van der Waals surface area contributed by atoms with Crippen LogP contribution in [0.15, 0.2) is 16.9 Å². The molecule has 0 amide bonds. The molecule has 3 nitrogen and oxygen atoms in total. The van der Waals surface area contributed by atoms with E-state index in [4.69, 9.17) is 0 Å². The molecule has 0 saturated carbocycles. The van der Waals surface area contributed by atoms with Crippen molar-refractivity contribution in [2.75, 3.05) is 13.1 Å². The normalized spacial score (nSPS) is 26.7. The average Bonchev–Trinajstić information content (AvgIpc) is 2.63. The van der Waals surface area contributed by atoms with Crippen molar-refractivity contribution in [3.05, 3.63) is 18.0 Å². The first-order chi connectivity index (χ1) is 7.08. The topological polar surface area (TPSA) is 29.3 Å². The monoisotopic (exact) mass is 216 g/mol. The first-order valence-electron chi connectivity index (χ1n) is 5.07. The summed E-state index contributed by atoms with van der Waals surface area (Å²) in [6, 6.07) is 1.70. The summed E-state index contributed by atoms with van der Waals surface area (Å²) >= 11 is 0. The van der Waals surface area contributed by atoms with Crippen LogP contribution in [0.4, 0.5) is 8.78 Å². The van der Waals surface area contributed by atoms with E-state index in [1.54, 1.807) is 17.9 Å². The second-order valence-corrected chi connectivity index (χ2v) is 4.15. The number of nitrogens with zero attached hydrogens (tertiary/aromatic N) is 2. The Morgan fingerprint density at radius 2 is 2.47 bits per heavy atom. The van der Waals surface area contributed by atoms with Gasteiger partial charge in [-0.15, -0.1) is 0 Å². The Kier molecular flexibility index (Phi) is 2.73. The first-order valence-corrected chi connectivity index (χ1v) is 5.07. The molecule has 0 aliphatic carbocycles. The van der Waals surface area contributed by atoms with Crippen molar-refractivity contribution in [2.45, 2.75) is 25.8 Å². The van der Waals surface area contributed by atoms with E-state index >= 15 is 0 Å². The summed E-state index contributed by atoms with van der Waals surface area (Å²) in [5.41, 5.74) is 0.709. The number of hydrogen-bond acceptors (Lipinski definition) is 3. The summed E-state index contributed by atoms with van der Waals surface area (Å²) in [6.45, 7) is 2.57. The Morgan fingerprint density at radius 1 is 1.67 bits per heavy atom. The first kappa shape index (κ1) is 10.5. The lowest BCUT2D eigenvalue weighted by molar-refractivity contribution is -0.106. The molecular formula is C10H14F2N2O. The van der Waals surface area contributed by atoms with E-state index in [1.165, 1.54) is 6.26 Å². The Hall–Kier alpha value is -0.970. The highest BCUT2D eigenvalue weighted by molar-refractivity contribution is 4.96. The van der Waals surface area contributed by atoms with Gasteiger partial charge in [0.25, 0.3) is 5.92 Å². The molecule has 1 aliphatic heterocycles. The van der Waals surface area contributed by atoms with E-state index in [0.29, 0.717) is 25.2 Å². The predicted octanol–water partition coefficient (Wildman–Crippen LogP) is 2.15. The quantitative estimate of drug-likeness (QED) is 0.758. The van der Waals surface area contributed by atoms with Gasteiger partial charge in [0.15, 0.2) is 0 Å². The highest BCUT2D eigenvalue weighted by atomic mass is 19.3. The van der Waals surface area contributed by atoms with Crippen molar-refractivity contribution < 1.29 is 13.3 Å². The van der Waals surface area contributed by atoms with Gasteiger partial charge in [0.05, 0.1) is 12.2 Å². The summed E-state index contributed by atoms with van der Waals surface area (Å²) in [5, 5.41) is 3.72. The smallest absolute Gasteiger partial charge is 0.263 e. The molecule has 0 radical (unpaired) electrons. The molecule has 0 N–H and O–H groups in total. The highest BCUT2D eigenvalue weighted by Crippen LogP contribution is 2.32. The molecule has 2 rings (SSSR count). The van der Waals surface area contributed by atoms with E-state index in [9.17, 15) is 8.78 Å². The SMILES string of the molecule is CC1CCN(Cc2ccon2)CC1(F)F. The van der Waals surface area contributed by atoms with E-state index in [1.807, 2.05) is 0 Å². The van der Waals surface area contributed by atoms with Crippen molar-refractivity contribution >= 4 is 0 Å². The second-order valence-electron chi connectivity index (χ2n) is 4.15. The summed E-state index contributed by atoms with van der Waals surface area (Å²) in [5.74, 6) is -3.10.